The van der Waals surface area contributed by atoms with E-state index in [1.165, 1.54) is 17.3 Å². The summed E-state index contributed by atoms with van der Waals surface area (Å²) in [7, 11) is 0. The summed E-state index contributed by atoms with van der Waals surface area (Å²) in [4.78, 5) is 3.84. The van der Waals surface area contributed by atoms with E-state index in [0.29, 0.717) is 15.6 Å². The number of halogens is 2. The summed E-state index contributed by atoms with van der Waals surface area (Å²) in [5.74, 6) is 0. The summed E-state index contributed by atoms with van der Waals surface area (Å²) >= 11 is 12.0. The van der Waals surface area contributed by atoms with Gasteiger partial charge in [0.1, 0.15) is 18.3 Å². The van der Waals surface area contributed by atoms with Gasteiger partial charge >= 0.3 is 0 Å². The number of nitrogens with zero attached hydrogens (tertiary/aromatic N) is 3. The van der Waals surface area contributed by atoms with Gasteiger partial charge < -0.3 is 10.8 Å². The van der Waals surface area contributed by atoms with Crippen LogP contribution < -0.4 is 5.73 Å². The first-order valence-electron chi connectivity index (χ1n) is 5.69. The zero-order chi connectivity index (χ0) is 14.0. The van der Waals surface area contributed by atoms with E-state index in [2.05, 4.69) is 10.1 Å². The van der Waals surface area contributed by atoms with Crippen molar-refractivity contribution in [1.82, 2.24) is 14.8 Å². The zero-order valence-electron chi connectivity index (χ0n) is 10.3. The third-order valence-corrected chi connectivity index (χ3v) is 3.57. The SMILES string of the molecule is CC(N)C(O)(Cn1cncn1)c1ccc(Cl)cc1Cl. The topological polar surface area (TPSA) is 77.0 Å². The summed E-state index contributed by atoms with van der Waals surface area (Å²) in [6, 6.07) is 4.37. The zero-order valence-corrected chi connectivity index (χ0v) is 11.8. The first-order chi connectivity index (χ1) is 8.93. The van der Waals surface area contributed by atoms with Crippen LogP contribution in [0.4, 0.5) is 0 Å². The number of aromatic nitrogens is 3. The molecule has 1 aromatic carbocycles. The molecule has 0 amide bonds. The maximum Gasteiger partial charge on any atom is 0.137 e. The maximum atomic E-state index is 10.9. The smallest absolute Gasteiger partial charge is 0.137 e. The molecule has 7 heteroatoms. The molecule has 0 radical (unpaired) electrons. The largest absolute Gasteiger partial charge is 0.382 e. The number of hydrogen-bond acceptors (Lipinski definition) is 4. The summed E-state index contributed by atoms with van der Waals surface area (Å²) in [5, 5.41) is 15.7. The molecule has 1 aromatic heterocycles. The average molecular weight is 301 g/mol. The van der Waals surface area contributed by atoms with Gasteiger partial charge in [-0.1, -0.05) is 29.3 Å². The van der Waals surface area contributed by atoms with Crippen LogP contribution in [-0.4, -0.2) is 25.9 Å². The minimum atomic E-state index is -1.35. The molecule has 0 fully saturated rings. The fourth-order valence-corrected chi connectivity index (χ4v) is 2.45. The molecule has 2 atom stereocenters. The van der Waals surface area contributed by atoms with Gasteiger partial charge in [-0.15, -0.1) is 0 Å². The molecule has 0 aliphatic rings. The van der Waals surface area contributed by atoms with Crippen LogP contribution in [0.25, 0.3) is 0 Å². The predicted molar refractivity (Wildman–Crippen MR) is 74.0 cm³/mol. The highest BCUT2D eigenvalue weighted by Crippen LogP contribution is 2.33. The fourth-order valence-electron chi connectivity index (χ4n) is 1.88. The highest BCUT2D eigenvalue weighted by atomic mass is 35.5. The Labute approximate surface area is 121 Å². The first-order valence-corrected chi connectivity index (χ1v) is 6.45. The molecule has 1 heterocycles. The van der Waals surface area contributed by atoms with Gasteiger partial charge in [-0.05, 0) is 19.1 Å². The average Bonchev–Trinajstić information content (AvgIpc) is 2.81. The highest BCUT2D eigenvalue weighted by Gasteiger charge is 2.36. The van der Waals surface area contributed by atoms with E-state index in [4.69, 9.17) is 28.9 Å². The van der Waals surface area contributed by atoms with E-state index in [9.17, 15) is 5.11 Å². The van der Waals surface area contributed by atoms with Crippen LogP contribution >= 0.6 is 23.2 Å². The molecule has 2 aromatic rings. The third-order valence-electron chi connectivity index (χ3n) is 3.02. The van der Waals surface area contributed by atoms with Crippen LogP contribution in [0.2, 0.25) is 10.0 Å². The van der Waals surface area contributed by atoms with Gasteiger partial charge in [0.2, 0.25) is 0 Å². The van der Waals surface area contributed by atoms with Crippen molar-refractivity contribution >= 4 is 23.2 Å². The van der Waals surface area contributed by atoms with E-state index < -0.39 is 11.6 Å². The van der Waals surface area contributed by atoms with Crippen molar-refractivity contribution in [1.29, 1.82) is 0 Å². The normalized spacial score (nSPS) is 16.1. The van der Waals surface area contributed by atoms with Crippen LogP contribution in [0.3, 0.4) is 0 Å². The van der Waals surface area contributed by atoms with Crippen molar-refractivity contribution in [2.45, 2.75) is 25.1 Å². The standard InChI is InChI=1S/C12H14Cl2N4O/c1-8(15)12(19,5-18-7-16-6-17-18)10-3-2-9(13)4-11(10)14/h2-4,6-8,19H,5,15H2,1H3. The fraction of sp³-hybridized carbons (Fsp3) is 0.333. The Bertz CT molecular complexity index is 559. The predicted octanol–water partition coefficient (Wildman–Crippen LogP) is 1.82. The number of aliphatic hydroxyl groups is 1. The summed E-state index contributed by atoms with van der Waals surface area (Å²) in [6.45, 7) is 1.87. The second kappa shape index (κ2) is 5.46. The molecular formula is C12H14Cl2N4O. The number of nitrogens with two attached hydrogens (primary N) is 1. The second-order valence-electron chi connectivity index (χ2n) is 4.43. The Morgan fingerprint density at radius 3 is 2.74 bits per heavy atom. The number of rotatable bonds is 4. The molecule has 0 spiro atoms. The Morgan fingerprint density at radius 1 is 1.47 bits per heavy atom. The number of hydrogen-bond donors (Lipinski definition) is 2. The lowest BCUT2D eigenvalue weighted by Gasteiger charge is -2.33. The van der Waals surface area contributed by atoms with Crippen molar-refractivity contribution in [2.24, 2.45) is 5.73 Å². The molecule has 19 heavy (non-hydrogen) atoms. The summed E-state index contributed by atoms with van der Waals surface area (Å²) in [6.07, 6.45) is 2.91. The van der Waals surface area contributed by atoms with E-state index >= 15 is 0 Å². The Kier molecular flexibility index (Phi) is 4.10. The molecule has 2 unspecified atom stereocenters. The van der Waals surface area contributed by atoms with Gasteiger partial charge in [-0.25, -0.2) is 9.67 Å². The summed E-state index contributed by atoms with van der Waals surface area (Å²) < 4.78 is 1.51. The van der Waals surface area contributed by atoms with Gasteiger partial charge in [0, 0.05) is 21.7 Å². The molecule has 3 N–H and O–H groups in total. The van der Waals surface area contributed by atoms with E-state index in [0.717, 1.165) is 0 Å². The highest BCUT2D eigenvalue weighted by molar-refractivity contribution is 6.35. The van der Waals surface area contributed by atoms with E-state index in [1.54, 1.807) is 25.1 Å². The van der Waals surface area contributed by atoms with Gasteiger partial charge in [0.15, 0.2) is 0 Å². The van der Waals surface area contributed by atoms with Gasteiger partial charge in [0.25, 0.3) is 0 Å². The Balaban J connectivity index is 2.43. The van der Waals surface area contributed by atoms with Crippen LogP contribution in [0, 0.1) is 0 Å². The molecule has 102 valence electrons. The molecule has 5 nitrogen and oxygen atoms in total. The lowest BCUT2D eigenvalue weighted by molar-refractivity contribution is -0.00527. The quantitative estimate of drug-likeness (QED) is 0.903. The van der Waals surface area contributed by atoms with E-state index in [-0.39, 0.29) is 6.54 Å². The molecule has 0 aliphatic carbocycles. The minimum absolute atomic E-state index is 0.159. The van der Waals surface area contributed by atoms with Crippen molar-refractivity contribution in [3.8, 4) is 0 Å². The molecule has 0 saturated carbocycles. The second-order valence-corrected chi connectivity index (χ2v) is 5.27. The Morgan fingerprint density at radius 2 is 2.21 bits per heavy atom. The van der Waals surface area contributed by atoms with Crippen LogP contribution in [0.15, 0.2) is 30.9 Å². The number of benzene rings is 1. The van der Waals surface area contributed by atoms with E-state index in [1.807, 2.05) is 0 Å². The van der Waals surface area contributed by atoms with Crippen LogP contribution in [0.5, 0.6) is 0 Å². The molecule has 0 bridgehead atoms. The molecular weight excluding hydrogens is 287 g/mol. The lowest BCUT2D eigenvalue weighted by Crippen LogP contribution is -2.47. The van der Waals surface area contributed by atoms with Crippen LogP contribution in [0.1, 0.15) is 12.5 Å². The monoisotopic (exact) mass is 300 g/mol. The van der Waals surface area contributed by atoms with Crippen molar-refractivity contribution in [3.63, 3.8) is 0 Å². The molecule has 2 rings (SSSR count). The van der Waals surface area contributed by atoms with Crippen molar-refractivity contribution in [2.75, 3.05) is 0 Å². The third kappa shape index (κ3) is 2.90. The minimum Gasteiger partial charge on any atom is -0.382 e. The molecule has 0 saturated heterocycles. The van der Waals surface area contributed by atoms with Crippen molar-refractivity contribution < 1.29 is 5.11 Å². The van der Waals surface area contributed by atoms with Gasteiger partial charge in [-0.3, -0.25) is 0 Å². The van der Waals surface area contributed by atoms with Gasteiger partial charge in [0.05, 0.1) is 6.54 Å². The van der Waals surface area contributed by atoms with Crippen LogP contribution in [-0.2, 0) is 12.1 Å². The van der Waals surface area contributed by atoms with Crippen molar-refractivity contribution in [3.05, 3.63) is 46.5 Å². The first kappa shape index (κ1) is 14.3. The maximum absolute atomic E-state index is 10.9. The van der Waals surface area contributed by atoms with Gasteiger partial charge in [-0.2, -0.15) is 5.10 Å². The lowest BCUT2D eigenvalue weighted by atomic mass is 9.87. The Hall–Kier alpha value is -1.14. The summed E-state index contributed by atoms with van der Waals surface area (Å²) in [5.41, 5.74) is 5.09. The molecule has 0 aliphatic heterocycles.